The Morgan fingerprint density at radius 1 is 1.27 bits per heavy atom. The zero-order valence-electron chi connectivity index (χ0n) is 15.7. The largest absolute Gasteiger partial charge is 0.481 e. The number of ether oxygens (including phenoxy) is 1. The van der Waals surface area contributed by atoms with Crippen LogP contribution in [0.3, 0.4) is 0 Å². The van der Waals surface area contributed by atoms with Crippen LogP contribution in [0.1, 0.15) is 28.8 Å². The maximum absolute atomic E-state index is 12.8. The molecule has 0 bridgehead atoms. The number of carbonyl (C=O) groups excluding carboxylic acids is 1. The number of pyridine rings is 1. The molecule has 1 fully saturated rings. The molecule has 3 rings (SSSR count). The molecule has 1 N–H and O–H groups in total. The monoisotopic (exact) mass is 462 g/mol. The highest BCUT2D eigenvalue weighted by molar-refractivity contribution is 7.92. The number of alkyl halides is 3. The predicted octanol–water partition coefficient (Wildman–Crippen LogP) is 3.74. The third kappa shape index (κ3) is 4.86. The van der Waals surface area contributed by atoms with Crippen molar-refractivity contribution in [3.05, 3.63) is 52.7 Å². The quantitative estimate of drug-likeness (QED) is 0.661. The second-order valence-corrected chi connectivity index (χ2v) is 9.58. The predicted molar refractivity (Wildman–Crippen MR) is 103 cm³/mol. The van der Waals surface area contributed by atoms with E-state index in [1.165, 1.54) is 25.3 Å². The summed E-state index contributed by atoms with van der Waals surface area (Å²) in [6, 6.07) is 6.54. The van der Waals surface area contributed by atoms with Gasteiger partial charge in [0.15, 0.2) is 9.84 Å². The third-order valence-electron chi connectivity index (χ3n) is 4.91. The molecule has 1 amide bonds. The van der Waals surface area contributed by atoms with Crippen LogP contribution in [0.4, 0.5) is 13.2 Å². The van der Waals surface area contributed by atoms with Crippen LogP contribution in [0.25, 0.3) is 0 Å². The number of methoxy groups -OCH3 is 1. The number of hydrogen-bond donors (Lipinski definition) is 1. The molecule has 0 spiro atoms. The van der Waals surface area contributed by atoms with E-state index in [1.54, 1.807) is 0 Å². The average molecular weight is 463 g/mol. The number of hydrogen-bond acceptors (Lipinski definition) is 5. The van der Waals surface area contributed by atoms with Crippen LogP contribution in [0.5, 0.6) is 5.88 Å². The first-order valence-corrected chi connectivity index (χ1v) is 10.8. The fraction of sp³-hybridized carbons (Fsp3) is 0.368. The van der Waals surface area contributed by atoms with Gasteiger partial charge in [0, 0.05) is 18.2 Å². The minimum absolute atomic E-state index is 0.0930. The molecule has 2 aromatic rings. The molecule has 0 unspecified atom stereocenters. The van der Waals surface area contributed by atoms with Crippen molar-refractivity contribution in [2.75, 3.05) is 13.7 Å². The van der Waals surface area contributed by atoms with Gasteiger partial charge in [-0.05, 0) is 43.0 Å². The van der Waals surface area contributed by atoms with Gasteiger partial charge in [0.25, 0.3) is 5.91 Å². The topological polar surface area (TPSA) is 85.4 Å². The SMILES string of the molecule is COc1cc(C(=O)NC[C@H]2C[C@H](S(=O)(=O)c3cccc(C(F)(F)F)c3)C2)cc(Cl)n1. The summed E-state index contributed by atoms with van der Waals surface area (Å²) in [7, 11) is -2.49. The standard InChI is InChI=1S/C19H18ClF3N2O4S/c1-29-17-8-12(7-16(20)25-17)18(26)24-10-11-5-15(6-11)30(27,28)14-4-2-3-13(9-14)19(21,22)23/h2-4,7-9,11,15H,5-6,10H2,1H3,(H,24,26)/t11-,15-. The number of halogens is 4. The van der Waals surface area contributed by atoms with Gasteiger partial charge in [-0.3, -0.25) is 4.79 Å². The fourth-order valence-corrected chi connectivity index (χ4v) is 5.38. The fourth-order valence-electron chi connectivity index (χ4n) is 3.18. The minimum Gasteiger partial charge on any atom is -0.481 e. The molecular formula is C19H18ClF3N2O4S. The smallest absolute Gasteiger partial charge is 0.416 e. The van der Waals surface area contributed by atoms with E-state index in [0.717, 1.165) is 12.1 Å². The Bertz CT molecular complexity index is 1050. The lowest BCUT2D eigenvalue weighted by molar-refractivity contribution is -0.137. The maximum atomic E-state index is 12.8. The molecule has 0 aliphatic heterocycles. The van der Waals surface area contributed by atoms with Crippen LogP contribution in [0.2, 0.25) is 5.15 Å². The minimum atomic E-state index is -4.61. The van der Waals surface area contributed by atoms with Gasteiger partial charge in [0.1, 0.15) is 5.15 Å². The van der Waals surface area contributed by atoms with E-state index < -0.39 is 32.7 Å². The number of nitrogens with zero attached hydrogens (tertiary/aromatic N) is 1. The van der Waals surface area contributed by atoms with Gasteiger partial charge in [-0.25, -0.2) is 13.4 Å². The number of nitrogens with one attached hydrogen (secondary N) is 1. The van der Waals surface area contributed by atoms with Gasteiger partial charge in [-0.2, -0.15) is 13.2 Å². The number of rotatable bonds is 6. The van der Waals surface area contributed by atoms with Crippen molar-refractivity contribution in [3.63, 3.8) is 0 Å². The molecule has 11 heteroatoms. The van der Waals surface area contributed by atoms with Gasteiger partial charge in [-0.1, -0.05) is 17.7 Å². The zero-order chi connectivity index (χ0) is 22.1. The first-order chi connectivity index (χ1) is 14.0. The molecule has 6 nitrogen and oxygen atoms in total. The molecule has 1 saturated carbocycles. The summed E-state index contributed by atoms with van der Waals surface area (Å²) in [5.74, 6) is -0.330. The summed E-state index contributed by atoms with van der Waals surface area (Å²) in [6.45, 7) is 0.232. The average Bonchev–Trinajstić information content (AvgIpc) is 2.65. The normalized spacial score (nSPS) is 19.1. The Hall–Kier alpha value is -2.33. The molecule has 162 valence electrons. The van der Waals surface area contributed by atoms with Gasteiger partial charge >= 0.3 is 6.18 Å². The second kappa shape index (κ2) is 8.43. The first kappa shape index (κ1) is 22.4. The number of benzene rings is 1. The Labute approximate surface area is 176 Å². The lowest BCUT2D eigenvalue weighted by Gasteiger charge is -2.35. The third-order valence-corrected chi connectivity index (χ3v) is 7.28. The van der Waals surface area contributed by atoms with Crippen molar-refractivity contribution >= 4 is 27.3 Å². The number of sulfone groups is 1. The highest BCUT2D eigenvalue weighted by Gasteiger charge is 2.40. The molecule has 30 heavy (non-hydrogen) atoms. The van der Waals surface area contributed by atoms with Crippen molar-refractivity contribution in [3.8, 4) is 5.88 Å². The second-order valence-electron chi connectivity index (χ2n) is 6.96. The first-order valence-electron chi connectivity index (χ1n) is 8.91. The van der Waals surface area contributed by atoms with Crippen LogP contribution in [-0.2, 0) is 16.0 Å². The van der Waals surface area contributed by atoms with E-state index >= 15 is 0 Å². The summed E-state index contributed by atoms with van der Waals surface area (Å²) in [6.07, 6.45) is -4.12. The van der Waals surface area contributed by atoms with Gasteiger partial charge in [-0.15, -0.1) is 0 Å². The molecule has 0 atom stereocenters. The Kier molecular flexibility index (Phi) is 6.28. The van der Waals surface area contributed by atoms with E-state index in [2.05, 4.69) is 10.3 Å². The lowest BCUT2D eigenvalue weighted by atomic mass is 9.85. The van der Waals surface area contributed by atoms with Crippen molar-refractivity contribution in [2.24, 2.45) is 5.92 Å². The van der Waals surface area contributed by atoms with Crippen LogP contribution in [0, 0.1) is 5.92 Å². The van der Waals surface area contributed by atoms with Crippen LogP contribution in [-0.4, -0.2) is 38.2 Å². The summed E-state index contributed by atoms with van der Waals surface area (Å²) >= 11 is 5.83. The Balaban J connectivity index is 1.58. The lowest BCUT2D eigenvalue weighted by Crippen LogP contribution is -2.42. The highest BCUT2D eigenvalue weighted by atomic mass is 35.5. The summed E-state index contributed by atoms with van der Waals surface area (Å²) < 4.78 is 68.7. The molecular weight excluding hydrogens is 445 g/mol. The summed E-state index contributed by atoms with van der Waals surface area (Å²) in [5.41, 5.74) is -0.752. The number of aromatic nitrogens is 1. The Morgan fingerprint density at radius 2 is 1.97 bits per heavy atom. The maximum Gasteiger partial charge on any atom is 0.416 e. The molecule has 0 saturated heterocycles. The molecule has 1 heterocycles. The number of amides is 1. The van der Waals surface area contributed by atoms with E-state index in [-0.39, 0.29) is 46.8 Å². The van der Waals surface area contributed by atoms with Crippen molar-refractivity contribution in [1.82, 2.24) is 10.3 Å². The van der Waals surface area contributed by atoms with Crippen molar-refractivity contribution in [1.29, 1.82) is 0 Å². The van der Waals surface area contributed by atoms with Gasteiger partial charge in [0.2, 0.25) is 5.88 Å². The van der Waals surface area contributed by atoms with Gasteiger partial charge in [0.05, 0.1) is 22.8 Å². The number of carbonyl (C=O) groups is 1. The molecule has 1 aromatic carbocycles. The van der Waals surface area contributed by atoms with Gasteiger partial charge < -0.3 is 10.1 Å². The van der Waals surface area contributed by atoms with E-state index in [4.69, 9.17) is 16.3 Å². The van der Waals surface area contributed by atoms with Crippen LogP contribution < -0.4 is 10.1 Å². The van der Waals surface area contributed by atoms with Crippen molar-refractivity contribution < 1.29 is 31.1 Å². The van der Waals surface area contributed by atoms with Crippen LogP contribution in [0.15, 0.2) is 41.3 Å². The van der Waals surface area contributed by atoms with E-state index in [0.29, 0.717) is 6.07 Å². The Morgan fingerprint density at radius 3 is 2.60 bits per heavy atom. The van der Waals surface area contributed by atoms with E-state index in [9.17, 15) is 26.4 Å². The zero-order valence-corrected chi connectivity index (χ0v) is 17.3. The molecule has 1 aromatic heterocycles. The van der Waals surface area contributed by atoms with E-state index in [1.807, 2.05) is 0 Å². The molecule has 1 aliphatic carbocycles. The van der Waals surface area contributed by atoms with Crippen molar-refractivity contribution in [2.45, 2.75) is 29.2 Å². The van der Waals surface area contributed by atoms with Crippen LogP contribution >= 0.6 is 11.6 Å². The summed E-state index contributed by atoms with van der Waals surface area (Å²) in [4.78, 5) is 15.8. The molecule has 1 aliphatic rings. The molecule has 0 radical (unpaired) electrons. The summed E-state index contributed by atoms with van der Waals surface area (Å²) in [5, 5.41) is 2.01. The highest BCUT2D eigenvalue weighted by Crippen LogP contribution is 2.37.